The molecule has 0 bridgehead atoms. The molecule has 2 aromatic heterocycles. The summed E-state index contributed by atoms with van der Waals surface area (Å²) >= 11 is 1.45. The predicted molar refractivity (Wildman–Crippen MR) is 94.5 cm³/mol. The number of nitrogens with one attached hydrogen (secondary N) is 1. The maximum atomic E-state index is 12.2. The molecule has 1 aliphatic rings. The molecule has 1 amide bonds. The highest BCUT2D eigenvalue weighted by Crippen LogP contribution is 2.21. The van der Waals surface area contributed by atoms with Crippen molar-refractivity contribution in [2.45, 2.75) is 26.3 Å². The van der Waals surface area contributed by atoms with E-state index in [1.165, 1.54) is 30.4 Å². The molecule has 0 spiro atoms. The molecule has 1 fully saturated rings. The van der Waals surface area contributed by atoms with Crippen LogP contribution < -0.4 is 10.1 Å². The van der Waals surface area contributed by atoms with Gasteiger partial charge in [0.15, 0.2) is 5.13 Å². The number of methoxy groups -OCH3 is 1. The monoisotopic (exact) mass is 346 g/mol. The lowest BCUT2D eigenvalue weighted by Gasteiger charge is -2.30. The highest BCUT2D eigenvalue weighted by Gasteiger charge is 2.17. The van der Waals surface area contributed by atoms with Crippen LogP contribution in [0, 0.1) is 5.92 Å². The number of carbonyl (C=O) groups excluding carboxylic acids is 1. The first-order valence-corrected chi connectivity index (χ1v) is 9.00. The molecule has 3 rings (SSSR count). The van der Waals surface area contributed by atoms with E-state index in [-0.39, 0.29) is 5.91 Å². The van der Waals surface area contributed by atoms with Gasteiger partial charge in [0.25, 0.3) is 5.91 Å². The number of hydrogen-bond donors (Lipinski definition) is 1. The lowest BCUT2D eigenvalue weighted by molar-refractivity contribution is 0.102. The summed E-state index contributed by atoms with van der Waals surface area (Å²) in [6, 6.07) is 3.35. The zero-order chi connectivity index (χ0) is 16.9. The molecule has 0 aromatic carbocycles. The minimum Gasteiger partial charge on any atom is -0.481 e. The molecule has 1 N–H and O–H groups in total. The maximum Gasteiger partial charge on any atom is 0.259 e. The van der Waals surface area contributed by atoms with Crippen molar-refractivity contribution < 1.29 is 9.53 Å². The van der Waals surface area contributed by atoms with Crippen molar-refractivity contribution in [1.82, 2.24) is 14.9 Å². The molecule has 0 radical (unpaired) electrons. The molecule has 128 valence electrons. The van der Waals surface area contributed by atoms with Gasteiger partial charge in [0.2, 0.25) is 5.88 Å². The Morgan fingerprint density at radius 2 is 2.38 bits per heavy atom. The Bertz CT molecular complexity index is 686. The molecule has 0 aliphatic carbocycles. The Hall–Kier alpha value is -1.99. The van der Waals surface area contributed by atoms with Crippen molar-refractivity contribution in [1.29, 1.82) is 0 Å². The van der Waals surface area contributed by atoms with Gasteiger partial charge in [-0.15, -0.1) is 11.3 Å². The van der Waals surface area contributed by atoms with Crippen molar-refractivity contribution in [3.05, 3.63) is 35.0 Å². The van der Waals surface area contributed by atoms with E-state index in [4.69, 9.17) is 4.74 Å². The van der Waals surface area contributed by atoms with Gasteiger partial charge in [0.1, 0.15) is 0 Å². The summed E-state index contributed by atoms with van der Waals surface area (Å²) in [4.78, 5) is 23.2. The molecule has 7 heteroatoms. The summed E-state index contributed by atoms with van der Waals surface area (Å²) in [5.41, 5.74) is 1.50. The van der Waals surface area contributed by atoms with Crippen molar-refractivity contribution in [3.63, 3.8) is 0 Å². The van der Waals surface area contributed by atoms with E-state index in [1.54, 1.807) is 19.2 Å². The molecule has 24 heavy (non-hydrogen) atoms. The van der Waals surface area contributed by atoms with Crippen LogP contribution in [0.25, 0.3) is 0 Å². The second kappa shape index (κ2) is 7.72. The lowest BCUT2D eigenvalue weighted by atomic mass is 10.0. The first kappa shape index (κ1) is 16.9. The third kappa shape index (κ3) is 4.30. The van der Waals surface area contributed by atoms with Crippen LogP contribution >= 0.6 is 11.3 Å². The molecule has 1 unspecified atom stereocenters. The van der Waals surface area contributed by atoms with Gasteiger partial charge >= 0.3 is 0 Å². The van der Waals surface area contributed by atoms with Gasteiger partial charge in [0.05, 0.1) is 18.4 Å². The fraction of sp³-hybridized carbons (Fsp3) is 0.471. The average molecular weight is 346 g/mol. The van der Waals surface area contributed by atoms with Crippen LogP contribution in [0.3, 0.4) is 0 Å². The van der Waals surface area contributed by atoms with Crippen LogP contribution in [0.15, 0.2) is 23.7 Å². The Morgan fingerprint density at radius 3 is 3.08 bits per heavy atom. The molecule has 1 saturated heterocycles. The van der Waals surface area contributed by atoms with Gasteiger partial charge in [-0.25, -0.2) is 9.97 Å². The number of aromatic nitrogens is 2. The average Bonchev–Trinajstić information content (AvgIpc) is 3.02. The van der Waals surface area contributed by atoms with E-state index in [0.717, 1.165) is 31.2 Å². The molecular formula is C17H22N4O2S. The number of likely N-dealkylation sites (tertiary alicyclic amines) is 1. The summed E-state index contributed by atoms with van der Waals surface area (Å²) < 4.78 is 4.99. The van der Waals surface area contributed by atoms with Gasteiger partial charge in [-0.2, -0.15) is 0 Å². The predicted octanol–water partition coefficient (Wildman–Crippen LogP) is 3.03. The molecule has 0 saturated carbocycles. The van der Waals surface area contributed by atoms with Gasteiger partial charge in [-0.05, 0) is 31.4 Å². The standard InChI is InChI=1S/C17H22N4O2S/c1-12-4-3-7-21(9-12)10-14-11-24-17(19-14)20-16(22)13-5-6-15(23-2)18-8-13/h5-6,8,11-12H,3-4,7,9-10H2,1-2H3,(H,19,20,22). The van der Waals surface area contributed by atoms with E-state index >= 15 is 0 Å². The first-order valence-electron chi connectivity index (χ1n) is 8.12. The van der Waals surface area contributed by atoms with Crippen LogP contribution in [0.1, 0.15) is 35.8 Å². The highest BCUT2D eigenvalue weighted by atomic mass is 32.1. The number of pyridine rings is 1. The Labute approximate surface area is 145 Å². The minimum atomic E-state index is -0.211. The normalized spacial score (nSPS) is 18.3. The lowest BCUT2D eigenvalue weighted by Crippen LogP contribution is -2.33. The number of ether oxygens (including phenoxy) is 1. The molecule has 6 nitrogen and oxygen atoms in total. The third-order valence-corrected chi connectivity index (χ3v) is 4.91. The fourth-order valence-electron chi connectivity index (χ4n) is 2.90. The number of thiazole rings is 1. The van der Waals surface area contributed by atoms with Crippen molar-refractivity contribution >= 4 is 22.4 Å². The Balaban J connectivity index is 1.57. The quantitative estimate of drug-likeness (QED) is 0.901. The van der Waals surface area contributed by atoms with E-state index in [9.17, 15) is 4.79 Å². The van der Waals surface area contributed by atoms with Gasteiger partial charge < -0.3 is 4.74 Å². The molecule has 1 aliphatic heterocycles. The second-order valence-electron chi connectivity index (χ2n) is 6.17. The minimum absolute atomic E-state index is 0.211. The number of nitrogens with zero attached hydrogens (tertiary/aromatic N) is 3. The number of rotatable bonds is 5. The van der Waals surface area contributed by atoms with Gasteiger partial charge in [-0.1, -0.05) is 6.92 Å². The smallest absolute Gasteiger partial charge is 0.259 e. The van der Waals surface area contributed by atoms with E-state index in [0.29, 0.717) is 16.6 Å². The first-order chi connectivity index (χ1) is 11.6. The van der Waals surface area contributed by atoms with Crippen LogP contribution in [0.4, 0.5) is 5.13 Å². The Morgan fingerprint density at radius 1 is 1.50 bits per heavy atom. The number of hydrogen-bond acceptors (Lipinski definition) is 6. The maximum absolute atomic E-state index is 12.2. The molecule has 3 heterocycles. The van der Waals surface area contributed by atoms with Gasteiger partial charge in [-0.3, -0.25) is 15.0 Å². The number of anilines is 1. The number of carbonyl (C=O) groups is 1. The zero-order valence-corrected chi connectivity index (χ0v) is 14.8. The summed E-state index contributed by atoms with van der Waals surface area (Å²) in [7, 11) is 1.54. The van der Waals surface area contributed by atoms with E-state index < -0.39 is 0 Å². The highest BCUT2D eigenvalue weighted by molar-refractivity contribution is 7.13. The summed E-state index contributed by atoms with van der Waals surface area (Å²) in [6.07, 6.45) is 4.06. The zero-order valence-electron chi connectivity index (χ0n) is 14.0. The summed E-state index contributed by atoms with van der Waals surface area (Å²) in [5, 5.41) is 5.47. The fourth-order valence-corrected chi connectivity index (χ4v) is 3.60. The van der Waals surface area contributed by atoms with Crippen molar-refractivity contribution in [2.75, 3.05) is 25.5 Å². The third-order valence-electron chi connectivity index (χ3n) is 4.11. The van der Waals surface area contributed by atoms with Crippen molar-refractivity contribution in [3.8, 4) is 5.88 Å². The van der Waals surface area contributed by atoms with Crippen LogP contribution in [0.2, 0.25) is 0 Å². The topological polar surface area (TPSA) is 67.3 Å². The second-order valence-corrected chi connectivity index (χ2v) is 7.03. The van der Waals surface area contributed by atoms with Crippen LogP contribution in [-0.2, 0) is 6.54 Å². The molecular weight excluding hydrogens is 324 g/mol. The Kier molecular flexibility index (Phi) is 5.42. The number of piperidine rings is 1. The molecule has 1 atom stereocenters. The SMILES string of the molecule is COc1ccc(C(=O)Nc2nc(CN3CCCC(C)C3)cs2)cn1. The van der Waals surface area contributed by atoms with Crippen LogP contribution in [0.5, 0.6) is 5.88 Å². The summed E-state index contributed by atoms with van der Waals surface area (Å²) in [5.74, 6) is 1.02. The molecule has 2 aromatic rings. The van der Waals surface area contributed by atoms with Gasteiger partial charge in [0, 0.05) is 30.7 Å². The number of amides is 1. The van der Waals surface area contributed by atoms with E-state index in [1.807, 2.05) is 5.38 Å². The summed E-state index contributed by atoms with van der Waals surface area (Å²) in [6.45, 7) is 5.39. The van der Waals surface area contributed by atoms with Crippen molar-refractivity contribution in [2.24, 2.45) is 5.92 Å². The van der Waals surface area contributed by atoms with Crippen LogP contribution in [-0.4, -0.2) is 41.0 Å². The van der Waals surface area contributed by atoms with E-state index in [2.05, 4.69) is 27.1 Å². The largest absolute Gasteiger partial charge is 0.481 e.